The van der Waals surface area contributed by atoms with Crippen molar-refractivity contribution in [3.8, 4) is 0 Å². The van der Waals surface area contributed by atoms with E-state index in [0.717, 1.165) is 11.1 Å². The zero-order chi connectivity index (χ0) is 15.2. The van der Waals surface area contributed by atoms with Gasteiger partial charge in [-0.2, -0.15) is 5.10 Å². The number of hydrogen-bond donors (Lipinski definition) is 3. The second-order valence-corrected chi connectivity index (χ2v) is 5.19. The zero-order valence-electron chi connectivity index (χ0n) is 12.1. The Hall–Kier alpha value is -2.50. The number of carbonyl (C=O) groups is 1. The van der Waals surface area contributed by atoms with Crippen molar-refractivity contribution in [1.82, 2.24) is 16.3 Å². The van der Waals surface area contributed by atoms with Gasteiger partial charge in [0.25, 0.3) is 5.91 Å². The molecule has 112 valence electrons. The van der Waals surface area contributed by atoms with E-state index in [1.165, 1.54) is 0 Å². The van der Waals surface area contributed by atoms with Gasteiger partial charge in [-0.25, -0.2) is 16.3 Å². The highest BCUT2D eigenvalue weighted by molar-refractivity contribution is 5.85. The van der Waals surface area contributed by atoms with Gasteiger partial charge < -0.3 is 0 Å². The molecular weight excluding hydrogens is 276 g/mol. The monoisotopic (exact) mass is 294 g/mol. The number of nitrogens with zero attached hydrogens (tertiary/aromatic N) is 1. The van der Waals surface area contributed by atoms with E-state index in [1.807, 2.05) is 60.7 Å². The normalized spacial score (nSPS) is 21.1. The number of hydrogen-bond acceptors (Lipinski definition) is 4. The van der Waals surface area contributed by atoms with Gasteiger partial charge >= 0.3 is 0 Å². The van der Waals surface area contributed by atoms with Crippen molar-refractivity contribution in [3.63, 3.8) is 0 Å². The maximum atomic E-state index is 12.1. The van der Waals surface area contributed by atoms with Gasteiger partial charge in [0, 0.05) is 6.04 Å². The van der Waals surface area contributed by atoms with Gasteiger partial charge in [0.2, 0.25) is 0 Å². The minimum absolute atomic E-state index is 0.134. The minimum atomic E-state index is -0.293. The van der Waals surface area contributed by atoms with Crippen LogP contribution in [0.25, 0.3) is 0 Å². The van der Waals surface area contributed by atoms with Crippen molar-refractivity contribution in [2.24, 2.45) is 5.10 Å². The van der Waals surface area contributed by atoms with Crippen molar-refractivity contribution >= 4 is 12.1 Å². The van der Waals surface area contributed by atoms with Crippen LogP contribution in [0.2, 0.25) is 0 Å². The van der Waals surface area contributed by atoms with Crippen molar-refractivity contribution in [1.29, 1.82) is 0 Å². The van der Waals surface area contributed by atoms with Crippen LogP contribution in [0.15, 0.2) is 65.8 Å². The van der Waals surface area contributed by atoms with E-state index >= 15 is 0 Å². The lowest BCUT2D eigenvalue weighted by atomic mass is 10.0. The van der Waals surface area contributed by atoms with Crippen molar-refractivity contribution in [2.45, 2.75) is 18.5 Å². The number of rotatable bonds is 4. The lowest BCUT2D eigenvalue weighted by Crippen LogP contribution is -2.41. The molecule has 0 saturated carbocycles. The molecule has 1 aliphatic heterocycles. The standard InChI is InChI=1S/C17H18N4O/c22-17(21-18-12-13-7-3-1-4-8-13)16-11-15(19-20-16)14-9-5-2-6-10-14/h1-10,12,15-16,19-20H,11H2,(H,21,22)/b18-12+. The maximum Gasteiger partial charge on any atom is 0.258 e. The van der Waals surface area contributed by atoms with Gasteiger partial charge in [-0.15, -0.1) is 0 Å². The van der Waals surface area contributed by atoms with Crippen LogP contribution in [0.5, 0.6) is 0 Å². The Balaban J connectivity index is 1.53. The van der Waals surface area contributed by atoms with Crippen LogP contribution in [0.3, 0.4) is 0 Å². The molecule has 5 heteroatoms. The highest BCUT2D eigenvalue weighted by Crippen LogP contribution is 2.21. The summed E-state index contributed by atoms with van der Waals surface area (Å²) in [5, 5.41) is 3.99. The first-order valence-corrected chi connectivity index (χ1v) is 7.27. The Labute approximate surface area is 129 Å². The Kier molecular flexibility index (Phi) is 4.58. The molecule has 5 nitrogen and oxygen atoms in total. The molecule has 0 radical (unpaired) electrons. The predicted octanol–water partition coefficient (Wildman–Crippen LogP) is 1.74. The Bertz CT molecular complexity index is 642. The summed E-state index contributed by atoms with van der Waals surface area (Å²) < 4.78 is 0. The molecule has 0 aromatic heterocycles. The second kappa shape index (κ2) is 6.98. The maximum absolute atomic E-state index is 12.1. The van der Waals surface area contributed by atoms with Crippen LogP contribution in [-0.4, -0.2) is 18.2 Å². The fourth-order valence-electron chi connectivity index (χ4n) is 2.42. The largest absolute Gasteiger partial charge is 0.271 e. The molecule has 1 amide bonds. The van der Waals surface area contributed by atoms with E-state index in [9.17, 15) is 4.79 Å². The van der Waals surface area contributed by atoms with Crippen molar-refractivity contribution in [2.75, 3.05) is 0 Å². The molecule has 2 unspecified atom stereocenters. The summed E-state index contributed by atoms with van der Waals surface area (Å²) in [5.41, 5.74) is 10.9. The highest BCUT2D eigenvalue weighted by Gasteiger charge is 2.29. The fourth-order valence-corrected chi connectivity index (χ4v) is 2.42. The molecule has 3 rings (SSSR count). The van der Waals surface area contributed by atoms with Crippen LogP contribution in [0.1, 0.15) is 23.6 Å². The Morgan fingerprint density at radius 3 is 2.45 bits per heavy atom. The van der Waals surface area contributed by atoms with Crippen LogP contribution in [-0.2, 0) is 4.79 Å². The number of benzene rings is 2. The first-order valence-electron chi connectivity index (χ1n) is 7.27. The van der Waals surface area contributed by atoms with Gasteiger partial charge in [0.15, 0.2) is 0 Å². The molecule has 2 aromatic carbocycles. The van der Waals surface area contributed by atoms with E-state index in [-0.39, 0.29) is 18.0 Å². The molecule has 1 heterocycles. The van der Waals surface area contributed by atoms with Crippen molar-refractivity contribution in [3.05, 3.63) is 71.8 Å². The Morgan fingerprint density at radius 2 is 1.73 bits per heavy atom. The third-order valence-electron chi connectivity index (χ3n) is 3.61. The fraction of sp³-hybridized carbons (Fsp3) is 0.176. The lowest BCUT2D eigenvalue weighted by molar-refractivity contribution is -0.122. The zero-order valence-corrected chi connectivity index (χ0v) is 12.1. The lowest BCUT2D eigenvalue weighted by Gasteiger charge is -2.08. The summed E-state index contributed by atoms with van der Waals surface area (Å²) in [6, 6.07) is 19.6. The number of hydrazone groups is 1. The van der Waals surface area contributed by atoms with E-state index in [0.29, 0.717) is 6.42 Å². The second-order valence-electron chi connectivity index (χ2n) is 5.19. The van der Waals surface area contributed by atoms with Crippen LogP contribution < -0.4 is 16.3 Å². The van der Waals surface area contributed by atoms with Gasteiger partial charge in [0.1, 0.15) is 6.04 Å². The summed E-state index contributed by atoms with van der Waals surface area (Å²) in [5.74, 6) is -0.141. The number of carbonyl (C=O) groups excluding carboxylic acids is 1. The van der Waals surface area contributed by atoms with Crippen LogP contribution in [0, 0.1) is 0 Å². The summed E-state index contributed by atoms with van der Waals surface area (Å²) in [6.45, 7) is 0. The quantitative estimate of drug-likeness (QED) is 0.594. The molecule has 0 spiro atoms. The smallest absolute Gasteiger partial charge is 0.258 e. The number of amides is 1. The Morgan fingerprint density at radius 1 is 1.05 bits per heavy atom. The average Bonchev–Trinajstić information content (AvgIpc) is 3.07. The first-order chi connectivity index (χ1) is 10.8. The molecule has 0 bridgehead atoms. The topological polar surface area (TPSA) is 65.5 Å². The molecule has 22 heavy (non-hydrogen) atoms. The predicted molar refractivity (Wildman–Crippen MR) is 86.0 cm³/mol. The van der Waals surface area contributed by atoms with Gasteiger partial charge in [-0.3, -0.25) is 4.79 Å². The summed E-state index contributed by atoms with van der Waals surface area (Å²) >= 11 is 0. The third-order valence-corrected chi connectivity index (χ3v) is 3.61. The summed E-state index contributed by atoms with van der Waals surface area (Å²) in [4.78, 5) is 12.1. The summed E-state index contributed by atoms with van der Waals surface area (Å²) in [6.07, 6.45) is 2.33. The van der Waals surface area contributed by atoms with Crippen LogP contribution >= 0.6 is 0 Å². The molecular formula is C17H18N4O. The molecule has 3 N–H and O–H groups in total. The van der Waals surface area contributed by atoms with E-state index in [2.05, 4.69) is 21.4 Å². The van der Waals surface area contributed by atoms with Gasteiger partial charge in [0.05, 0.1) is 6.21 Å². The molecule has 2 aromatic rings. The van der Waals surface area contributed by atoms with Gasteiger partial charge in [-0.1, -0.05) is 60.7 Å². The molecule has 1 aliphatic rings. The third kappa shape index (κ3) is 3.58. The van der Waals surface area contributed by atoms with E-state index in [1.54, 1.807) is 6.21 Å². The molecule has 1 fully saturated rings. The average molecular weight is 294 g/mol. The van der Waals surface area contributed by atoms with Crippen molar-refractivity contribution < 1.29 is 4.79 Å². The molecule has 0 aliphatic carbocycles. The first kappa shape index (κ1) is 14.4. The SMILES string of the molecule is O=C(N/N=C/c1ccccc1)C1CC(c2ccccc2)NN1. The number of hydrazine groups is 1. The molecule has 1 saturated heterocycles. The van der Waals surface area contributed by atoms with Crippen LogP contribution in [0.4, 0.5) is 0 Å². The summed E-state index contributed by atoms with van der Waals surface area (Å²) in [7, 11) is 0. The van der Waals surface area contributed by atoms with Gasteiger partial charge in [-0.05, 0) is 17.5 Å². The number of nitrogens with one attached hydrogen (secondary N) is 3. The molecule has 2 atom stereocenters. The van der Waals surface area contributed by atoms with E-state index in [4.69, 9.17) is 0 Å². The van der Waals surface area contributed by atoms with E-state index < -0.39 is 0 Å². The minimum Gasteiger partial charge on any atom is -0.271 e. The highest BCUT2D eigenvalue weighted by atomic mass is 16.2.